The molecule has 2 aromatic heterocycles. The molecule has 3 aromatic rings. The summed E-state index contributed by atoms with van der Waals surface area (Å²) in [5, 5.41) is 3.38. The monoisotopic (exact) mass is 420 g/mol. The number of morpholine rings is 1. The lowest BCUT2D eigenvalue weighted by atomic mass is 10.0. The first-order valence-corrected chi connectivity index (χ1v) is 10.3. The van der Waals surface area contributed by atoms with Gasteiger partial charge in [0.25, 0.3) is 5.56 Å². The molecular weight excluding hydrogens is 392 g/mol. The second-order valence-electron chi connectivity index (χ2n) is 7.91. The molecule has 0 aliphatic carbocycles. The normalized spacial score (nSPS) is 13.9. The van der Waals surface area contributed by atoms with Crippen LogP contribution in [0.3, 0.4) is 0 Å². The fourth-order valence-electron chi connectivity index (χ4n) is 3.77. The molecule has 0 atom stereocenters. The van der Waals surface area contributed by atoms with Crippen molar-refractivity contribution in [1.29, 1.82) is 0 Å². The van der Waals surface area contributed by atoms with Crippen LogP contribution in [-0.4, -0.2) is 54.9 Å². The molecule has 0 saturated carbocycles. The van der Waals surface area contributed by atoms with Crippen molar-refractivity contribution >= 4 is 23.0 Å². The fraction of sp³-hybridized carbons (Fsp3) is 0.348. The number of aromatic nitrogens is 3. The summed E-state index contributed by atoms with van der Waals surface area (Å²) in [6.45, 7) is 4.79. The van der Waals surface area contributed by atoms with Gasteiger partial charge >= 0.3 is 0 Å². The Balaban J connectivity index is 1.72. The number of nitrogens with one attached hydrogen (secondary N) is 1. The summed E-state index contributed by atoms with van der Waals surface area (Å²) in [6, 6.07) is 8.18. The fourth-order valence-corrected chi connectivity index (χ4v) is 3.77. The summed E-state index contributed by atoms with van der Waals surface area (Å²) >= 11 is 0. The van der Waals surface area contributed by atoms with Gasteiger partial charge in [0.05, 0.1) is 13.2 Å². The molecule has 162 valence electrons. The van der Waals surface area contributed by atoms with Crippen molar-refractivity contribution in [1.82, 2.24) is 14.5 Å². The minimum atomic E-state index is 0.00719. The minimum absolute atomic E-state index is 0.00719. The summed E-state index contributed by atoms with van der Waals surface area (Å²) in [5.74, 6) is 1.46. The Kier molecular flexibility index (Phi) is 5.90. The van der Waals surface area contributed by atoms with Gasteiger partial charge in [0.1, 0.15) is 5.69 Å². The van der Waals surface area contributed by atoms with Gasteiger partial charge in [-0.3, -0.25) is 4.79 Å². The van der Waals surface area contributed by atoms with Crippen LogP contribution in [0.5, 0.6) is 0 Å². The molecule has 1 fully saturated rings. The summed E-state index contributed by atoms with van der Waals surface area (Å²) in [5.41, 5.74) is 4.81. The van der Waals surface area contributed by atoms with Gasteiger partial charge in [-0.2, -0.15) is 0 Å². The first-order valence-electron chi connectivity index (χ1n) is 10.3. The third-order valence-electron chi connectivity index (χ3n) is 5.43. The highest BCUT2D eigenvalue weighted by Crippen LogP contribution is 2.30. The highest BCUT2D eigenvalue weighted by molar-refractivity contribution is 5.76. The molecule has 0 bridgehead atoms. The molecule has 1 aliphatic rings. The Hall–Kier alpha value is -3.39. The summed E-state index contributed by atoms with van der Waals surface area (Å²) < 4.78 is 7.11. The van der Waals surface area contributed by atoms with Crippen LogP contribution in [0.1, 0.15) is 5.56 Å². The van der Waals surface area contributed by atoms with Gasteiger partial charge < -0.3 is 24.4 Å². The average Bonchev–Trinajstić information content (AvgIpc) is 2.77. The van der Waals surface area contributed by atoms with Crippen molar-refractivity contribution in [2.24, 2.45) is 7.05 Å². The van der Waals surface area contributed by atoms with E-state index in [1.807, 2.05) is 37.3 Å². The van der Waals surface area contributed by atoms with Crippen LogP contribution >= 0.6 is 0 Å². The standard InChI is InChI=1S/C23H28N6O2/c1-16-5-6-18(26-21-22(27(2)3)25-8-7-24-21)14-19(16)17-13-20(23(30)28(4)15-17)29-9-11-31-12-10-29/h5-8,13-15H,9-12H2,1-4H3,(H,24,26). The SMILES string of the molecule is Cc1ccc(Nc2nccnc2N(C)C)cc1-c1cc(N2CCOCC2)c(=O)n(C)c1. The van der Waals surface area contributed by atoms with E-state index in [2.05, 4.69) is 39.2 Å². The number of nitrogens with zero attached hydrogens (tertiary/aromatic N) is 5. The molecule has 1 saturated heterocycles. The Morgan fingerprint density at radius 1 is 1.10 bits per heavy atom. The second-order valence-corrected chi connectivity index (χ2v) is 7.91. The largest absolute Gasteiger partial charge is 0.378 e. The maximum Gasteiger partial charge on any atom is 0.273 e. The van der Waals surface area contributed by atoms with Gasteiger partial charge in [0.15, 0.2) is 11.6 Å². The van der Waals surface area contributed by atoms with Crippen molar-refractivity contribution in [2.45, 2.75) is 6.92 Å². The van der Waals surface area contributed by atoms with Crippen LogP contribution in [0.2, 0.25) is 0 Å². The Labute approximate surface area is 182 Å². The Bertz CT molecular complexity index is 1140. The van der Waals surface area contributed by atoms with Gasteiger partial charge in [0, 0.05) is 64.1 Å². The van der Waals surface area contributed by atoms with Crippen molar-refractivity contribution in [2.75, 3.05) is 55.5 Å². The quantitative estimate of drug-likeness (QED) is 0.680. The van der Waals surface area contributed by atoms with Crippen LogP contribution in [-0.2, 0) is 11.8 Å². The van der Waals surface area contributed by atoms with Crippen molar-refractivity contribution in [3.8, 4) is 11.1 Å². The van der Waals surface area contributed by atoms with Crippen molar-refractivity contribution in [3.63, 3.8) is 0 Å². The van der Waals surface area contributed by atoms with Crippen LogP contribution in [0.4, 0.5) is 23.0 Å². The predicted octanol–water partition coefficient (Wildman–Crippen LogP) is 2.80. The maximum absolute atomic E-state index is 12.8. The van der Waals surface area contributed by atoms with E-state index >= 15 is 0 Å². The van der Waals surface area contributed by atoms with Gasteiger partial charge in [0.2, 0.25) is 0 Å². The van der Waals surface area contributed by atoms with Crippen LogP contribution < -0.4 is 20.7 Å². The number of hydrogen-bond acceptors (Lipinski definition) is 7. The maximum atomic E-state index is 12.8. The summed E-state index contributed by atoms with van der Waals surface area (Å²) in [4.78, 5) is 25.7. The van der Waals surface area contributed by atoms with E-state index in [0.29, 0.717) is 24.7 Å². The molecule has 0 spiro atoms. The zero-order valence-corrected chi connectivity index (χ0v) is 18.4. The molecule has 8 nitrogen and oxygen atoms in total. The van der Waals surface area contributed by atoms with Crippen LogP contribution in [0.15, 0.2) is 47.7 Å². The second kappa shape index (κ2) is 8.77. The van der Waals surface area contributed by atoms with E-state index in [1.54, 1.807) is 24.0 Å². The molecule has 1 N–H and O–H groups in total. The average molecular weight is 421 g/mol. The Morgan fingerprint density at radius 3 is 2.58 bits per heavy atom. The van der Waals surface area contributed by atoms with Crippen LogP contribution in [0, 0.1) is 6.92 Å². The molecule has 0 amide bonds. The van der Waals surface area contributed by atoms with Gasteiger partial charge in [-0.05, 0) is 36.2 Å². The lowest BCUT2D eigenvalue weighted by Gasteiger charge is -2.29. The van der Waals surface area contributed by atoms with Crippen molar-refractivity contribution in [3.05, 3.63) is 58.8 Å². The van der Waals surface area contributed by atoms with Gasteiger partial charge in [-0.25, -0.2) is 9.97 Å². The van der Waals surface area contributed by atoms with Crippen molar-refractivity contribution < 1.29 is 4.74 Å². The number of ether oxygens (including phenoxy) is 1. The molecule has 0 radical (unpaired) electrons. The lowest BCUT2D eigenvalue weighted by molar-refractivity contribution is 0.122. The molecular formula is C23H28N6O2. The summed E-state index contributed by atoms with van der Waals surface area (Å²) in [6.07, 6.45) is 5.25. The smallest absolute Gasteiger partial charge is 0.273 e. The predicted molar refractivity (Wildman–Crippen MR) is 125 cm³/mol. The number of aryl methyl sites for hydroxylation is 2. The topological polar surface area (TPSA) is 75.5 Å². The van der Waals surface area contributed by atoms with E-state index in [-0.39, 0.29) is 5.56 Å². The number of benzene rings is 1. The molecule has 0 unspecified atom stereocenters. The third-order valence-corrected chi connectivity index (χ3v) is 5.43. The lowest BCUT2D eigenvalue weighted by Crippen LogP contribution is -2.40. The molecule has 4 rings (SSSR count). The Morgan fingerprint density at radius 2 is 1.84 bits per heavy atom. The summed E-state index contributed by atoms with van der Waals surface area (Å²) in [7, 11) is 5.68. The zero-order valence-electron chi connectivity index (χ0n) is 18.4. The highest BCUT2D eigenvalue weighted by atomic mass is 16.5. The number of anilines is 4. The molecule has 31 heavy (non-hydrogen) atoms. The number of hydrogen-bond donors (Lipinski definition) is 1. The highest BCUT2D eigenvalue weighted by Gasteiger charge is 2.17. The van der Waals surface area contributed by atoms with E-state index in [4.69, 9.17) is 4.74 Å². The van der Waals surface area contributed by atoms with Gasteiger partial charge in [-0.15, -0.1) is 0 Å². The van der Waals surface area contributed by atoms with E-state index in [9.17, 15) is 4.79 Å². The zero-order chi connectivity index (χ0) is 22.0. The first kappa shape index (κ1) is 20.9. The first-order chi connectivity index (χ1) is 14.9. The molecule has 1 aliphatic heterocycles. The van der Waals surface area contributed by atoms with E-state index < -0.39 is 0 Å². The van der Waals surface area contributed by atoms with E-state index in [1.165, 1.54) is 0 Å². The molecule has 1 aromatic carbocycles. The molecule has 3 heterocycles. The van der Waals surface area contributed by atoms with E-state index in [0.717, 1.165) is 41.3 Å². The number of rotatable bonds is 5. The number of pyridine rings is 1. The van der Waals surface area contributed by atoms with Gasteiger partial charge in [-0.1, -0.05) is 6.07 Å². The minimum Gasteiger partial charge on any atom is -0.378 e. The third kappa shape index (κ3) is 4.39. The molecule has 8 heteroatoms. The van der Waals surface area contributed by atoms with Crippen LogP contribution in [0.25, 0.3) is 11.1 Å².